The topological polar surface area (TPSA) is 46.0 Å². The lowest BCUT2D eigenvalue weighted by molar-refractivity contribution is 0.477. The molecule has 3 nitrogen and oxygen atoms in total. The van der Waals surface area contributed by atoms with E-state index in [0.717, 1.165) is 22.0 Å². The second-order valence-electron chi connectivity index (χ2n) is 11.9. The number of benzene rings is 3. The van der Waals surface area contributed by atoms with E-state index in [1.54, 1.807) is 6.07 Å². The molecule has 1 N–H and O–H groups in total. The molecule has 5 rings (SSSR count). The summed E-state index contributed by atoms with van der Waals surface area (Å²) in [5.74, 6) is 1.82. The van der Waals surface area contributed by atoms with Gasteiger partial charge in [-0.1, -0.05) is 133 Å². The van der Waals surface area contributed by atoms with Gasteiger partial charge < -0.3 is 5.11 Å². The Morgan fingerprint density at radius 3 is 2.00 bits per heavy atom. The zero-order chi connectivity index (χ0) is 28.7. The molecule has 0 spiro atoms. The van der Waals surface area contributed by atoms with Gasteiger partial charge in [0.25, 0.3) is 0 Å². The molecule has 0 amide bonds. The fourth-order valence-corrected chi connectivity index (χ4v) is 7.06. The average molecular weight is 565 g/mol. The Balaban J connectivity index is 1.36. The predicted octanol–water partition coefficient (Wildman–Crippen LogP) is 10.8. The van der Waals surface area contributed by atoms with Crippen LogP contribution in [0.5, 0.6) is 5.75 Å². The van der Waals surface area contributed by atoms with Gasteiger partial charge in [0.2, 0.25) is 0 Å². The van der Waals surface area contributed by atoms with Crippen LogP contribution in [-0.4, -0.2) is 20.8 Å². The Hall–Kier alpha value is -3.11. The van der Waals surface area contributed by atoms with E-state index >= 15 is 0 Å². The second-order valence-corrected chi connectivity index (χ2v) is 13.0. The number of unbranched alkanes of at least 4 members (excludes halogenated alkanes) is 9. The van der Waals surface area contributed by atoms with Crippen molar-refractivity contribution in [1.82, 2.24) is 9.97 Å². The van der Waals surface area contributed by atoms with Crippen LogP contribution < -0.4 is 0 Å². The fraction of sp³-hybridized carbons (Fsp3) is 0.405. The number of fused-ring (bicyclic) bond motifs is 3. The van der Waals surface area contributed by atoms with Crippen LogP contribution in [0.3, 0.4) is 0 Å². The lowest BCUT2D eigenvalue weighted by Gasteiger charge is -2.21. The Kier molecular flexibility index (Phi) is 9.82. The van der Waals surface area contributed by atoms with Crippen LogP contribution >= 0.6 is 11.8 Å². The van der Waals surface area contributed by atoms with Crippen molar-refractivity contribution in [1.29, 1.82) is 0 Å². The number of aromatic nitrogens is 2. The summed E-state index contributed by atoms with van der Waals surface area (Å²) in [5.41, 5.74) is 7.87. The maximum absolute atomic E-state index is 10.7. The minimum absolute atomic E-state index is 0.0669. The van der Waals surface area contributed by atoms with Crippen LogP contribution in [0.15, 0.2) is 77.8 Å². The highest BCUT2D eigenvalue weighted by Crippen LogP contribution is 2.52. The number of thioether (sulfide) groups is 1. The van der Waals surface area contributed by atoms with Crippen molar-refractivity contribution in [2.45, 2.75) is 95.4 Å². The third-order valence-corrected chi connectivity index (χ3v) is 9.48. The second kappa shape index (κ2) is 13.7. The van der Waals surface area contributed by atoms with Crippen LogP contribution in [0, 0.1) is 0 Å². The van der Waals surface area contributed by atoms with Crippen LogP contribution in [0.4, 0.5) is 0 Å². The van der Waals surface area contributed by atoms with Crippen molar-refractivity contribution < 1.29 is 5.11 Å². The summed E-state index contributed by atoms with van der Waals surface area (Å²) < 4.78 is 0. The van der Waals surface area contributed by atoms with Crippen LogP contribution in [0.2, 0.25) is 0 Å². The molecule has 0 saturated heterocycles. The Labute approximate surface area is 250 Å². The summed E-state index contributed by atoms with van der Waals surface area (Å²) in [4.78, 5) is 9.98. The molecule has 1 aliphatic rings. The molecule has 0 radical (unpaired) electrons. The molecular formula is C37H44N2OS. The van der Waals surface area contributed by atoms with Gasteiger partial charge in [-0.05, 0) is 52.6 Å². The first-order chi connectivity index (χ1) is 20.0. The first-order valence-electron chi connectivity index (χ1n) is 15.5. The van der Waals surface area contributed by atoms with Gasteiger partial charge in [0.05, 0.1) is 11.3 Å². The van der Waals surface area contributed by atoms with Gasteiger partial charge in [-0.25, -0.2) is 9.97 Å². The monoisotopic (exact) mass is 564 g/mol. The van der Waals surface area contributed by atoms with Crippen molar-refractivity contribution in [2.75, 3.05) is 5.75 Å². The third kappa shape index (κ3) is 6.70. The number of rotatable bonds is 14. The molecule has 4 aromatic rings. The summed E-state index contributed by atoms with van der Waals surface area (Å²) >= 11 is 1.81. The largest absolute Gasteiger partial charge is 0.507 e. The minimum atomic E-state index is -0.0669. The summed E-state index contributed by atoms with van der Waals surface area (Å²) in [6.07, 6.45) is 13.4. The third-order valence-electron chi connectivity index (χ3n) is 8.48. The van der Waals surface area contributed by atoms with Crippen molar-refractivity contribution in [3.63, 3.8) is 0 Å². The highest BCUT2D eigenvalue weighted by atomic mass is 32.2. The van der Waals surface area contributed by atoms with Crippen molar-refractivity contribution in [3.05, 3.63) is 83.9 Å². The number of phenols is 1. The lowest BCUT2D eigenvalue weighted by Crippen LogP contribution is -2.14. The predicted molar refractivity (Wildman–Crippen MR) is 175 cm³/mol. The normalized spacial score (nSPS) is 13.2. The number of hydrogen-bond donors (Lipinski definition) is 1. The molecule has 214 valence electrons. The smallest absolute Gasteiger partial charge is 0.164 e. The number of nitrogens with zero attached hydrogens (tertiary/aromatic N) is 2. The molecular weight excluding hydrogens is 520 g/mol. The zero-order valence-corrected chi connectivity index (χ0v) is 25.8. The highest BCUT2D eigenvalue weighted by molar-refractivity contribution is 7.99. The summed E-state index contributed by atoms with van der Waals surface area (Å²) in [5, 5.41) is 11.6. The molecule has 41 heavy (non-hydrogen) atoms. The first-order valence-corrected chi connectivity index (χ1v) is 16.5. The fourth-order valence-electron chi connectivity index (χ4n) is 6.15. The van der Waals surface area contributed by atoms with Crippen molar-refractivity contribution in [2.24, 2.45) is 0 Å². The number of phenolic OH excluding ortho intramolecular Hbond substituents is 1. The summed E-state index contributed by atoms with van der Waals surface area (Å²) in [6, 6.07) is 24.9. The molecule has 3 aromatic carbocycles. The summed E-state index contributed by atoms with van der Waals surface area (Å²) in [6.45, 7) is 6.89. The van der Waals surface area contributed by atoms with Crippen LogP contribution in [0.1, 0.15) is 96.1 Å². The van der Waals surface area contributed by atoms with Gasteiger partial charge >= 0.3 is 0 Å². The van der Waals surface area contributed by atoms with E-state index in [4.69, 9.17) is 9.97 Å². The maximum Gasteiger partial charge on any atom is 0.164 e. The molecule has 1 aromatic heterocycles. The molecule has 1 aliphatic carbocycles. The molecule has 4 heteroatoms. The van der Waals surface area contributed by atoms with E-state index in [2.05, 4.69) is 69.3 Å². The summed E-state index contributed by atoms with van der Waals surface area (Å²) in [7, 11) is 0. The molecule has 0 aliphatic heterocycles. The van der Waals surface area contributed by atoms with E-state index in [1.807, 2.05) is 30.0 Å². The molecule has 0 atom stereocenters. The molecule has 0 saturated carbocycles. The van der Waals surface area contributed by atoms with E-state index in [-0.39, 0.29) is 11.2 Å². The van der Waals surface area contributed by atoms with E-state index in [0.29, 0.717) is 11.4 Å². The maximum atomic E-state index is 10.7. The average Bonchev–Trinajstić information content (AvgIpc) is 3.23. The van der Waals surface area contributed by atoms with E-state index in [1.165, 1.54) is 86.5 Å². The van der Waals surface area contributed by atoms with Crippen LogP contribution in [0.25, 0.3) is 33.8 Å². The van der Waals surface area contributed by atoms with E-state index < -0.39 is 0 Å². The SMILES string of the molecule is CCCCCCCCCCCCSc1cc(-c2cccc3c2-c2ccccc2C3(C)C)nc(-c2ccccc2O)n1. The quantitative estimate of drug-likeness (QED) is 0.0940. The molecule has 1 heterocycles. The Bertz CT molecular complexity index is 1460. The van der Waals surface area contributed by atoms with E-state index in [9.17, 15) is 5.11 Å². The minimum Gasteiger partial charge on any atom is -0.507 e. The number of para-hydroxylation sites is 1. The van der Waals surface area contributed by atoms with Crippen molar-refractivity contribution >= 4 is 11.8 Å². The lowest BCUT2D eigenvalue weighted by atomic mass is 9.82. The standard InChI is InChI=1S/C37H44N2OS/c1-4-5-6-7-8-9-10-11-12-17-25-41-34-26-32(38-36(39-34)29-20-14-16-24-33(29)40)28-21-18-23-31-35(28)27-19-13-15-22-30(27)37(31,2)3/h13-16,18-24,26,40H,4-12,17,25H2,1-3H3. The Morgan fingerprint density at radius 2 is 1.27 bits per heavy atom. The van der Waals surface area contributed by atoms with Gasteiger partial charge in [-0.3, -0.25) is 0 Å². The Morgan fingerprint density at radius 1 is 0.659 bits per heavy atom. The number of aromatic hydroxyl groups is 1. The van der Waals surface area contributed by atoms with Gasteiger partial charge in [0.15, 0.2) is 5.82 Å². The first kappa shape index (κ1) is 29.4. The van der Waals surface area contributed by atoms with Gasteiger partial charge in [0, 0.05) is 11.0 Å². The van der Waals surface area contributed by atoms with Crippen molar-refractivity contribution in [3.8, 4) is 39.5 Å². The zero-order valence-electron chi connectivity index (χ0n) is 25.0. The number of hydrogen-bond acceptors (Lipinski definition) is 4. The molecule has 0 fully saturated rings. The van der Waals surface area contributed by atoms with Crippen LogP contribution in [-0.2, 0) is 5.41 Å². The molecule has 0 bridgehead atoms. The van der Waals surface area contributed by atoms with Gasteiger partial charge in [-0.2, -0.15) is 0 Å². The van der Waals surface area contributed by atoms with Gasteiger partial charge in [0.1, 0.15) is 10.8 Å². The highest BCUT2D eigenvalue weighted by Gasteiger charge is 2.36. The van der Waals surface area contributed by atoms with Gasteiger partial charge in [-0.15, -0.1) is 11.8 Å². The molecule has 0 unspecified atom stereocenters.